The van der Waals surface area contributed by atoms with Crippen LogP contribution in [0.2, 0.25) is 0 Å². The van der Waals surface area contributed by atoms with Crippen LogP contribution in [0.25, 0.3) is 22.4 Å². The molecule has 3 heterocycles. The van der Waals surface area contributed by atoms with Crippen LogP contribution in [0.1, 0.15) is 19.9 Å². The molecule has 0 aliphatic heterocycles. The van der Waals surface area contributed by atoms with Gasteiger partial charge in [0.1, 0.15) is 23.4 Å². The van der Waals surface area contributed by atoms with E-state index in [0.717, 1.165) is 22.4 Å². The highest BCUT2D eigenvalue weighted by atomic mass is 15.3. The summed E-state index contributed by atoms with van der Waals surface area (Å²) in [5.74, 6) is 0. The molecule has 0 aromatic carbocycles. The van der Waals surface area contributed by atoms with Crippen molar-refractivity contribution in [3.05, 3.63) is 30.9 Å². The molecule has 0 spiro atoms. The van der Waals surface area contributed by atoms with E-state index in [9.17, 15) is 0 Å². The number of hydrogen-bond donors (Lipinski definition) is 1. The van der Waals surface area contributed by atoms with E-state index in [1.165, 1.54) is 0 Å². The van der Waals surface area contributed by atoms with Gasteiger partial charge in [-0.15, -0.1) is 0 Å². The Morgan fingerprint density at radius 3 is 2.88 bits per heavy atom. The second-order valence-electron chi connectivity index (χ2n) is 4.24. The van der Waals surface area contributed by atoms with E-state index in [2.05, 4.69) is 33.9 Å². The molecule has 0 atom stereocenters. The zero-order valence-electron chi connectivity index (χ0n) is 9.75. The first kappa shape index (κ1) is 10.0. The molecular weight excluding hydrogens is 214 g/mol. The van der Waals surface area contributed by atoms with E-state index in [0.29, 0.717) is 6.04 Å². The summed E-state index contributed by atoms with van der Waals surface area (Å²) in [6.07, 6.45) is 5.39. The van der Waals surface area contributed by atoms with Gasteiger partial charge in [0.05, 0.1) is 0 Å². The summed E-state index contributed by atoms with van der Waals surface area (Å²) in [5.41, 5.74) is 2.59. The first-order valence-electron chi connectivity index (χ1n) is 5.59. The largest absolute Gasteiger partial charge is 0.346 e. The number of hydrogen-bond acceptors (Lipinski definition) is 3. The van der Waals surface area contributed by atoms with E-state index in [4.69, 9.17) is 0 Å². The number of aromatic nitrogens is 5. The highest BCUT2D eigenvalue weighted by Gasteiger charge is 2.10. The average molecular weight is 227 g/mol. The third-order valence-corrected chi connectivity index (χ3v) is 2.73. The van der Waals surface area contributed by atoms with Crippen LogP contribution in [-0.2, 0) is 0 Å². The van der Waals surface area contributed by atoms with Gasteiger partial charge in [-0.3, -0.25) is 4.68 Å². The van der Waals surface area contributed by atoms with Crippen LogP contribution in [0.5, 0.6) is 0 Å². The van der Waals surface area contributed by atoms with Crippen LogP contribution in [-0.4, -0.2) is 24.7 Å². The van der Waals surface area contributed by atoms with Crippen molar-refractivity contribution in [1.29, 1.82) is 0 Å². The Balaban J connectivity index is 2.16. The smallest absolute Gasteiger partial charge is 0.141 e. The van der Waals surface area contributed by atoms with Gasteiger partial charge in [-0.2, -0.15) is 5.10 Å². The van der Waals surface area contributed by atoms with Crippen molar-refractivity contribution in [2.24, 2.45) is 0 Å². The first-order valence-corrected chi connectivity index (χ1v) is 5.59. The lowest BCUT2D eigenvalue weighted by Crippen LogP contribution is -2.01. The van der Waals surface area contributed by atoms with Crippen LogP contribution >= 0.6 is 0 Å². The van der Waals surface area contributed by atoms with Crippen molar-refractivity contribution in [3.63, 3.8) is 0 Å². The minimum atomic E-state index is 0.354. The summed E-state index contributed by atoms with van der Waals surface area (Å²) < 4.78 is 1.93. The normalized spacial score (nSPS) is 11.5. The van der Waals surface area contributed by atoms with Crippen molar-refractivity contribution in [2.45, 2.75) is 19.9 Å². The summed E-state index contributed by atoms with van der Waals surface area (Å²) in [6.45, 7) is 4.20. The fraction of sp³-hybridized carbons (Fsp3) is 0.250. The average Bonchev–Trinajstić information content (AvgIpc) is 2.97. The third kappa shape index (κ3) is 1.60. The Bertz CT molecular complexity index is 650. The second kappa shape index (κ2) is 3.69. The van der Waals surface area contributed by atoms with Gasteiger partial charge in [0.25, 0.3) is 0 Å². The summed E-state index contributed by atoms with van der Waals surface area (Å²) in [6, 6.07) is 4.31. The number of aromatic amines is 1. The van der Waals surface area contributed by atoms with Gasteiger partial charge >= 0.3 is 0 Å². The molecule has 86 valence electrons. The quantitative estimate of drug-likeness (QED) is 0.731. The molecule has 0 radical (unpaired) electrons. The molecule has 5 heteroatoms. The van der Waals surface area contributed by atoms with Gasteiger partial charge < -0.3 is 4.98 Å². The zero-order valence-corrected chi connectivity index (χ0v) is 9.75. The van der Waals surface area contributed by atoms with Gasteiger partial charge in [-0.1, -0.05) is 0 Å². The second-order valence-corrected chi connectivity index (χ2v) is 4.24. The molecule has 3 rings (SSSR count). The number of fused-ring (bicyclic) bond motifs is 1. The highest BCUT2D eigenvalue weighted by Crippen LogP contribution is 2.23. The van der Waals surface area contributed by atoms with Gasteiger partial charge in [-0.25, -0.2) is 9.97 Å². The first-order chi connectivity index (χ1) is 8.25. The molecular formula is C12H13N5. The third-order valence-electron chi connectivity index (χ3n) is 2.73. The lowest BCUT2D eigenvalue weighted by atomic mass is 10.2. The maximum atomic E-state index is 4.52. The molecule has 0 aliphatic carbocycles. The SMILES string of the molecule is CC(C)n1ccc(-c2ncnc3[nH]ccc23)n1. The monoisotopic (exact) mass is 227 g/mol. The maximum Gasteiger partial charge on any atom is 0.141 e. The Labute approximate surface area is 98.5 Å². The Morgan fingerprint density at radius 2 is 2.12 bits per heavy atom. The molecule has 3 aromatic heterocycles. The van der Waals surface area contributed by atoms with E-state index < -0.39 is 0 Å². The van der Waals surface area contributed by atoms with Crippen LogP contribution < -0.4 is 0 Å². The van der Waals surface area contributed by atoms with Crippen molar-refractivity contribution in [1.82, 2.24) is 24.7 Å². The number of rotatable bonds is 2. The van der Waals surface area contributed by atoms with Crippen molar-refractivity contribution in [3.8, 4) is 11.4 Å². The Kier molecular flexibility index (Phi) is 2.18. The van der Waals surface area contributed by atoms with Crippen LogP contribution in [0.3, 0.4) is 0 Å². The molecule has 5 nitrogen and oxygen atoms in total. The summed E-state index contributed by atoms with van der Waals surface area (Å²) in [5, 5.41) is 5.52. The Hall–Kier alpha value is -2.17. The minimum absolute atomic E-state index is 0.354. The molecule has 0 saturated carbocycles. The lowest BCUT2D eigenvalue weighted by Gasteiger charge is -2.03. The molecule has 17 heavy (non-hydrogen) atoms. The van der Waals surface area contributed by atoms with E-state index in [-0.39, 0.29) is 0 Å². The number of H-pyrrole nitrogens is 1. The van der Waals surface area contributed by atoms with E-state index >= 15 is 0 Å². The topological polar surface area (TPSA) is 59.4 Å². The molecule has 0 saturated heterocycles. The molecule has 0 amide bonds. The molecule has 3 aromatic rings. The Morgan fingerprint density at radius 1 is 1.24 bits per heavy atom. The summed E-state index contributed by atoms with van der Waals surface area (Å²) >= 11 is 0. The molecule has 0 aliphatic rings. The molecule has 0 unspecified atom stereocenters. The van der Waals surface area contributed by atoms with Crippen LogP contribution in [0.4, 0.5) is 0 Å². The van der Waals surface area contributed by atoms with Crippen molar-refractivity contribution in [2.75, 3.05) is 0 Å². The van der Waals surface area contributed by atoms with Crippen molar-refractivity contribution < 1.29 is 0 Å². The van der Waals surface area contributed by atoms with E-state index in [1.54, 1.807) is 6.33 Å². The molecule has 0 bridgehead atoms. The lowest BCUT2D eigenvalue weighted by molar-refractivity contribution is 0.534. The number of nitrogens with zero attached hydrogens (tertiary/aromatic N) is 4. The van der Waals surface area contributed by atoms with Gasteiger partial charge in [0.15, 0.2) is 0 Å². The molecule has 1 N–H and O–H groups in total. The molecule has 0 fully saturated rings. The predicted molar refractivity (Wildman–Crippen MR) is 65.5 cm³/mol. The highest BCUT2D eigenvalue weighted by molar-refractivity contribution is 5.89. The van der Waals surface area contributed by atoms with Gasteiger partial charge in [0, 0.05) is 23.8 Å². The predicted octanol–water partition coefficient (Wildman–Crippen LogP) is 2.40. The van der Waals surface area contributed by atoms with Gasteiger partial charge in [-0.05, 0) is 26.0 Å². The maximum absolute atomic E-state index is 4.52. The fourth-order valence-corrected chi connectivity index (χ4v) is 1.83. The van der Waals surface area contributed by atoms with E-state index in [1.807, 2.05) is 29.2 Å². The summed E-state index contributed by atoms with van der Waals surface area (Å²) in [4.78, 5) is 11.6. The zero-order chi connectivity index (χ0) is 11.8. The standard InChI is InChI=1S/C12H13N5/c1-8(2)17-6-4-10(16-17)11-9-3-5-13-12(9)15-7-14-11/h3-8H,1-2H3,(H,13,14,15). The van der Waals surface area contributed by atoms with Crippen LogP contribution in [0, 0.1) is 0 Å². The van der Waals surface area contributed by atoms with Gasteiger partial charge in [0.2, 0.25) is 0 Å². The van der Waals surface area contributed by atoms with Crippen LogP contribution in [0.15, 0.2) is 30.9 Å². The minimum Gasteiger partial charge on any atom is -0.346 e. The summed E-state index contributed by atoms with van der Waals surface area (Å²) in [7, 11) is 0. The number of nitrogens with one attached hydrogen (secondary N) is 1. The van der Waals surface area contributed by atoms with Crippen molar-refractivity contribution >= 4 is 11.0 Å². The fourth-order valence-electron chi connectivity index (χ4n) is 1.83.